The Labute approximate surface area is 143 Å². The topological polar surface area (TPSA) is 145 Å². The first kappa shape index (κ1) is 16.6. The molecule has 0 aliphatic rings. The van der Waals surface area contributed by atoms with E-state index in [4.69, 9.17) is 11.5 Å². The largest absolute Gasteiger partial charge is 0.384 e. The van der Waals surface area contributed by atoms with Gasteiger partial charge in [-0.25, -0.2) is 9.97 Å². The molecule has 9 nitrogen and oxygen atoms in total. The van der Waals surface area contributed by atoms with Crippen LogP contribution in [0.2, 0.25) is 0 Å². The van der Waals surface area contributed by atoms with Crippen molar-refractivity contribution in [2.45, 2.75) is 6.23 Å². The van der Waals surface area contributed by atoms with Crippen LogP contribution >= 0.6 is 0 Å². The number of rotatable bonds is 4. The molecule has 1 atom stereocenters. The highest BCUT2D eigenvalue weighted by molar-refractivity contribution is 6.03. The molecule has 0 saturated carbocycles. The molecular weight excluding hydrogens is 322 g/mol. The lowest BCUT2D eigenvalue weighted by molar-refractivity contribution is 0.102. The molecule has 3 heterocycles. The summed E-state index contributed by atoms with van der Waals surface area (Å²) >= 11 is 0. The van der Waals surface area contributed by atoms with E-state index >= 15 is 0 Å². The summed E-state index contributed by atoms with van der Waals surface area (Å²) in [6.45, 7) is 0. The Kier molecular flexibility index (Phi) is 4.42. The summed E-state index contributed by atoms with van der Waals surface area (Å²) in [7, 11) is 1.66. The van der Waals surface area contributed by atoms with Crippen molar-refractivity contribution in [2.24, 2.45) is 12.8 Å². The fraction of sp³-hybridized carbons (Fsp3) is 0.125. The summed E-state index contributed by atoms with van der Waals surface area (Å²) in [4.78, 5) is 20.8. The lowest BCUT2D eigenvalue weighted by Gasteiger charge is -2.08. The molecule has 128 valence electrons. The van der Waals surface area contributed by atoms with Gasteiger partial charge in [0.25, 0.3) is 5.91 Å². The molecule has 3 rings (SSSR count). The van der Waals surface area contributed by atoms with Gasteiger partial charge in [0, 0.05) is 25.0 Å². The lowest BCUT2D eigenvalue weighted by atomic mass is 10.1. The third-order valence-electron chi connectivity index (χ3n) is 3.44. The molecular formula is C16H17N7O2. The van der Waals surface area contributed by atoms with Crippen LogP contribution in [-0.4, -0.2) is 30.8 Å². The monoisotopic (exact) mass is 339 g/mol. The molecule has 25 heavy (non-hydrogen) atoms. The number of nitrogen functional groups attached to an aromatic ring is 1. The number of anilines is 2. The van der Waals surface area contributed by atoms with Crippen molar-refractivity contribution in [3.63, 3.8) is 0 Å². The van der Waals surface area contributed by atoms with E-state index in [1.807, 2.05) is 0 Å². The van der Waals surface area contributed by atoms with Crippen molar-refractivity contribution in [3.05, 3.63) is 54.1 Å². The number of carbonyl (C=O) groups excluding carboxylic acids is 1. The number of aromatic nitrogens is 4. The predicted molar refractivity (Wildman–Crippen MR) is 92.2 cm³/mol. The third kappa shape index (κ3) is 3.62. The van der Waals surface area contributed by atoms with Crippen molar-refractivity contribution in [1.82, 2.24) is 19.7 Å². The van der Waals surface area contributed by atoms with Gasteiger partial charge in [0.2, 0.25) is 0 Å². The zero-order valence-corrected chi connectivity index (χ0v) is 13.4. The second kappa shape index (κ2) is 6.67. The molecule has 6 N–H and O–H groups in total. The molecule has 0 spiro atoms. The molecule has 9 heteroatoms. The normalized spacial score (nSPS) is 12.0. The Hall–Kier alpha value is -3.30. The van der Waals surface area contributed by atoms with Crippen LogP contribution in [-0.2, 0) is 7.05 Å². The second-order valence-electron chi connectivity index (χ2n) is 5.38. The zero-order valence-electron chi connectivity index (χ0n) is 13.4. The summed E-state index contributed by atoms with van der Waals surface area (Å²) in [5.41, 5.74) is 13.2. The van der Waals surface area contributed by atoms with Crippen molar-refractivity contribution in [3.8, 4) is 11.3 Å². The van der Waals surface area contributed by atoms with Gasteiger partial charge in [0.15, 0.2) is 0 Å². The van der Waals surface area contributed by atoms with Crippen LogP contribution in [0.25, 0.3) is 11.3 Å². The van der Waals surface area contributed by atoms with Crippen LogP contribution < -0.4 is 16.8 Å². The van der Waals surface area contributed by atoms with E-state index in [2.05, 4.69) is 20.4 Å². The number of nitrogens with zero attached hydrogens (tertiary/aromatic N) is 4. The van der Waals surface area contributed by atoms with E-state index in [-0.39, 0.29) is 11.4 Å². The summed E-state index contributed by atoms with van der Waals surface area (Å²) in [5.74, 6) is -0.0788. The molecule has 0 aliphatic carbocycles. The SMILES string of the molecule is Cn1cc(NC(=O)c2cccc(-c3ccnc(N)c3)n2)c(C(N)O)n1. The molecule has 3 aromatic rings. The number of carbonyl (C=O) groups is 1. The fourth-order valence-corrected chi connectivity index (χ4v) is 2.34. The average molecular weight is 339 g/mol. The van der Waals surface area contributed by atoms with Gasteiger partial charge >= 0.3 is 0 Å². The zero-order chi connectivity index (χ0) is 18.0. The molecule has 1 unspecified atom stereocenters. The number of pyridine rings is 2. The first-order valence-corrected chi connectivity index (χ1v) is 7.41. The number of amides is 1. The van der Waals surface area contributed by atoms with Gasteiger partial charge in [-0.1, -0.05) is 6.07 Å². The van der Waals surface area contributed by atoms with Gasteiger partial charge < -0.3 is 21.9 Å². The number of aliphatic hydroxyl groups is 1. The summed E-state index contributed by atoms with van der Waals surface area (Å²) in [6.07, 6.45) is 1.83. The molecule has 0 saturated heterocycles. The Balaban J connectivity index is 1.87. The molecule has 0 fully saturated rings. The minimum Gasteiger partial charge on any atom is -0.384 e. The number of aryl methyl sites for hydroxylation is 1. The molecule has 3 aromatic heterocycles. The van der Waals surface area contributed by atoms with Crippen molar-refractivity contribution in [2.75, 3.05) is 11.1 Å². The lowest BCUT2D eigenvalue weighted by Crippen LogP contribution is -2.17. The minimum atomic E-state index is -1.30. The Bertz CT molecular complexity index is 920. The van der Waals surface area contributed by atoms with E-state index < -0.39 is 12.1 Å². The first-order chi connectivity index (χ1) is 11.9. The van der Waals surface area contributed by atoms with Gasteiger partial charge in [0.1, 0.15) is 23.4 Å². The van der Waals surface area contributed by atoms with Crippen molar-refractivity contribution >= 4 is 17.4 Å². The van der Waals surface area contributed by atoms with Crippen LogP contribution in [0.3, 0.4) is 0 Å². The maximum absolute atomic E-state index is 12.5. The average Bonchev–Trinajstić information content (AvgIpc) is 2.95. The maximum atomic E-state index is 12.5. The Morgan fingerprint density at radius 1 is 1.36 bits per heavy atom. The standard InChI is InChI=1S/C16H17N7O2/c1-23-8-12(14(22-23)15(18)24)21-16(25)11-4-2-3-10(20-11)9-5-6-19-13(17)7-9/h2-8,15,24H,18H2,1H3,(H2,17,19)(H,21,25). The third-order valence-corrected chi connectivity index (χ3v) is 3.44. The summed E-state index contributed by atoms with van der Waals surface area (Å²) in [5, 5.41) is 16.2. The van der Waals surface area contributed by atoms with E-state index in [1.54, 1.807) is 49.8 Å². The van der Waals surface area contributed by atoms with Gasteiger partial charge in [-0.05, 0) is 24.3 Å². The minimum absolute atomic E-state index is 0.175. The smallest absolute Gasteiger partial charge is 0.274 e. The fourth-order valence-electron chi connectivity index (χ4n) is 2.34. The quantitative estimate of drug-likeness (QED) is 0.511. The molecule has 0 bridgehead atoms. The van der Waals surface area contributed by atoms with Gasteiger partial charge in [0.05, 0.1) is 11.4 Å². The van der Waals surface area contributed by atoms with Gasteiger partial charge in [-0.2, -0.15) is 5.10 Å². The van der Waals surface area contributed by atoms with E-state index in [0.29, 0.717) is 17.2 Å². The Morgan fingerprint density at radius 2 is 2.16 bits per heavy atom. The van der Waals surface area contributed by atoms with Crippen LogP contribution in [0.1, 0.15) is 22.4 Å². The molecule has 0 radical (unpaired) electrons. The van der Waals surface area contributed by atoms with E-state index in [0.717, 1.165) is 5.56 Å². The number of aliphatic hydroxyl groups excluding tert-OH is 1. The van der Waals surface area contributed by atoms with Gasteiger partial charge in [-0.15, -0.1) is 0 Å². The molecule has 0 aliphatic heterocycles. The van der Waals surface area contributed by atoms with Crippen molar-refractivity contribution in [1.29, 1.82) is 0 Å². The number of hydrogen-bond donors (Lipinski definition) is 4. The number of hydrogen-bond acceptors (Lipinski definition) is 7. The highest BCUT2D eigenvalue weighted by Crippen LogP contribution is 2.21. The number of nitrogens with two attached hydrogens (primary N) is 2. The van der Waals surface area contributed by atoms with Crippen LogP contribution in [0.15, 0.2) is 42.7 Å². The Morgan fingerprint density at radius 3 is 2.88 bits per heavy atom. The second-order valence-corrected chi connectivity index (χ2v) is 5.38. The van der Waals surface area contributed by atoms with Gasteiger partial charge in [-0.3, -0.25) is 9.48 Å². The highest BCUT2D eigenvalue weighted by Gasteiger charge is 2.17. The molecule has 0 aromatic carbocycles. The van der Waals surface area contributed by atoms with Crippen LogP contribution in [0.5, 0.6) is 0 Å². The highest BCUT2D eigenvalue weighted by atomic mass is 16.3. The number of nitrogens with one attached hydrogen (secondary N) is 1. The predicted octanol–water partition coefficient (Wildman–Crippen LogP) is 0.661. The van der Waals surface area contributed by atoms with Crippen LogP contribution in [0, 0.1) is 0 Å². The first-order valence-electron chi connectivity index (χ1n) is 7.41. The van der Waals surface area contributed by atoms with Crippen molar-refractivity contribution < 1.29 is 9.90 Å². The van der Waals surface area contributed by atoms with E-state index in [9.17, 15) is 9.90 Å². The summed E-state index contributed by atoms with van der Waals surface area (Å²) < 4.78 is 1.45. The molecule has 1 amide bonds. The van der Waals surface area contributed by atoms with E-state index in [1.165, 1.54) is 4.68 Å². The summed E-state index contributed by atoms with van der Waals surface area (Å²) in [6, 6.07) is 8.50. The van der Waals surface area contributed by atoms with Crippen LogP contribution in [0.4, 0.5) is 11.5 Å². The maximum Gasteiger partial charge on any atom is 0.274 e.